The van der Waals surface area contributed by atoms with E-state index in [4.69, 9.17) is 0 Å². The molecule has 0 saturated carbocycles. The number of allylic oxidation sites excluding steroid dienone is 1. The zero-order chi connectivity index (χ0) is 11.4. The highest BCUT2D eigenvalue weighted by Crippen LogP contribution is 2.19. The van der Waals surface area contributed by atoms with Crippen LogP contribution >= 0.6 is 0 Å². The standard InChI is InChI=1S/C14H20O/c1-5-14(12(4)15)9-13-7-10(2)6-11(3)8-13/h6-8,14-15H,4-5,9H2,1-3H3/t14-/m0/s1. The van der Waals surface area contributed by atoms with Gasteiger partial charge in [0, 0.05) is 5.92 Å². The van der Waals surface area contributed by atoms with Crippen LogP contribution in [-0.2, 0) is 6.42 Å². The van der Waals surface area contributed by atoms with Crippen molar-refractivity contribution in [3.63, 3.8) is 0 Å². The van der Waals surface area contributed by atoms with E-state index >= 15 is 0 Å². The van der Waals surface area contributed by atoms with Crippen LogP contribution in [-0.4, -0.2) is 5.11 Å². The third-order valence-electron chi connectivity index (χ3n) is 2.73. The minimum atomic E-state index is 0.186. The molecule has 0 spiro atoms. The van der Waals surface area contributed by atoms with Gasteiger partial charge < -0.3 is 5.11 Å². The lowest BCUT2D eigenvalue weighted by Crippen LogP contribution is -2.06. The van der Waals surface area contributed by atoms with Crippen molar-refractivity contribution in [2.45, 2.75) is 33.6 Å². The summed E-state index contributed by atoms with van der Waals surface area (Å²) in [5, 5.41) is 9.42. The average Bonchev–Trinajstić information content (AvgIpc) is 2.12. The van der Waals surface area contributed by atoms with E-state index in [-0.39, 0.29) is 5.92 Å². The van der Waals surface area contributed by atoms with Gasteiger partial charge in [-0.05, 0) is 32.3 Å². The molecule has 0 unspecified atom stereocenters. The van der Waals surface area contributed by atoms with Crippen molar-refractivity contribution in [2.24, 2.45) is 5.92 Å². The highest BCUT2D eigenvalue weighted by atomic mass is 16.3. The maximum atomic E-state index is 9.42. The molecule has 0 bridgehead atoms. The first-order valence-electron chi connectivity index (χ1n) is 5.48. The van der Waals surface area contributed by atoms with Gasteiger partial charge in [0.1, 0.15) is 0 Å². The molecule has 0 saturated heterocycles. The summed E-state index contributed by atoms with van der Waals surface area (Å²) in [5.41, 5.74) is 3.85. The fourth-order valence-electron chi connectivity index (χ4n) is 1.97. The number of aliphatic hydroxyl groups is 1. The van der Waals surface area contributed by atoms with Crippen LogP contribution < -0.4 is 0 Å². The van der Waals surface area contributed by atoms with Crippen molar-refractivity contribution < 1.29 is 5.11 Å². The molecule has 15 heavy (non-hydrogen) atoms. The molecule has 0 aliphatic carbocycles. The Morgan fingerprint density at radius 2 is 1.80 bits per heavy atom. The highest BCUT2D eigenvalue weighted by Gasteiger charge is 2.10. The average molecular weight is 204 g/mol. The quantitative estimate of drug-likeness (QED) is 0.736. The summed E-state index contributed by atoms with van der Waals surface area (Å²) < 4.78 is 0. The molecule has 0 aliphatic heterocycles. The first-order valence-corrected chi connectivity index (χ1v) is 5.48. The third-order valence-corrected chi connectivity index (χ3v) is 2.73. The molecule has 1 rings (SSSR count). The van der Waals surface area contributed by atoms with E-state index in [1.807, 2.05) is 0 Å². The molecule has 1 nitrogen and oxygen atoms in total. The fraction of sp³-hybridized carbons (Fsp3) is 0.429. The second-order valence-electron chi connectivity index (χ2n) is 4.30. The Hall–Kier alpha value is -1.24. The molecule has 1 aromatic carbocycles. The van der Waals surface area contributed by atoms with Crippen molar-refractivity contribution in [1.82, 2.24) is 0 Å². The molecule has 0 amide bonds. The van der Waals surface area contributed by atoms with Crippen LogP contribution in [0.5, 0.6) is 0 Å². The fourth-order valence-corrected chi connectivity index (χ4v) is 1.97. The van der Waals surface area contributed by atoms with E-state index in [0.29, 0.717) is 5.76 Å². The number of aryl methyl sites for hydroxylation is 2. The summed E-state index contributed by atoms with van der Waals surface area (Å²) in [4.78, 5) is 0. The van der Waals surface area contributed by atoms with Crippen LogP contribution in [0.4, 0.5) is 0 Å². The Kier molecular flexibility index (Phi) is 3.96. The second-order valence-corrected chi connectivity index (χ2v) is 4.30. The molecular formula is C14H20O. The third kappa shape index (κ3) is 3.43. The predicted molar refractivity (Wildman–Crippen MR) is 65.2 cm³/mol. The Morgan fingerprint density at radius 3 is 2.20 bits per heavy atom. The molecular weight excluding hydrogens is 184 g/mol. The number of aliphatic hydroxyl groups excluding tert-OH is 1. The maximum Gasteiger partial charge on any atom is 0.0885 e. The highest BCUT2D eigenvalue weighted by molar-refractivity contribution is 5.29. The molecule has 1 atom stereocenters. The number of hydrogen-bond donors (Lipinski definition) is 1. The van der Waals surface area contributed by atoms with Gasteiger partial charge in [0.15, 0.2) is 0 Å². The summed E-state index contributed by atoms with van der Waals surface area (Å²) >= 11 is 0. The minimum absolute atomic E-state index is 0.186. The summed E-state index contributed by atoms with van der Waals surface area (Å²) in [6.45, 7) is 9.91. The Balaban J connectivity index is 2.83. The van der Waals surface area contributed by atoms with Crippen LogP contribution in [0, 0.1) is 19.8 Å². The van der Waals surface area contributed by atoms with Crippen molar-refractivity contribution in [1.29, 1.82) is 0 Å². The second kappa shape index (κ2) is 5.01. The lowest BCUT2D eigenvalue weighted by atomic mass is 9.94. The number of benzene rings is 1. The Labute approximate surface area is 92.5 Å². The zero-order valence-corrected chi connectivity index (χ0v) is 9.88. The topological polar surface area (TPSA) is 20.2 Å². The maximum absolute atomic E-state index is 9.42. The van der Waals surface area contributed by atoms with Gasteiger partial charge in [-0.1, -0.05) is 42.8 Å². The molecule has 0 radical (unpaired) electrons. The summed E-state index contributed by atoms with van der Waals surface area (Å²) in [6.07, 6.45) is 1.82. The van der Waals surface area contributed by atoms with E-state index < -0.39 is 0 Å². The lowest BCUT2D eigenvalue weighted by Gasteiger charge is -2.14. The molecule has 0 fully saturated rings. The van der Waals surface area contributed by atoms with E-state index in [0.717, 1.165) is 12.8 Å². The summed E-state index contributed by atoms with van der Waals surface area (Å²) in [7, 11) is 0. The van der Waals surface area contributed by atoms with Crippen LogP contribution in [0.2, 0.25) is 0 Å². The van der Waals surface area contributed by atoms with Crippen molar-refractivity contribution in [3.05, 3.63) is 47.2 Å². The van der Waals surface area contributed by atoms with E-state index in [2.05, 4.69) is 45.5 Å². The van der Waals surface area contributed by atoms with E-state index in [1.54, 1.807) is 0 Å². The van der Waals surface area contributed by atoms with Crippen LogP contribution in [0.3, 0.4) is 0 Å². The first-order chi connectivity index (χ1) is 7.02. The monoisotopic (exact) mass is 204 g/mol. The Bertz CT molecular complexity index is 332. The molecule has 0 aromatic heterocycles. The normalized spacial score (nSPS) is 12.5. The molecule has 82 valence electrons. The van der Waals surface area contributed by atoms with Gasteiger partial charge in [-0.3, -0.25) is 0 Å². The SMILES string of the molecule is C=C(O)[C@@H](CC)Cc1cc(C)cc(C)c1. The summed E-state index contributed by atoms with van der Waals surface area (Å²) in [6, 6.07) is 6.52. The van der Waals surface area contributed by atoms with Crippen LogP contribution in [0.1, 0.15) is 30.0 Å². The molecule has 0 aliphatic rings. The molecule has 1 heteroatoms. The van der Waals surface area contributed by atoms with Crippen LogP contribution in [0.25, 0.3) is 0 Å². The summed E-state index contributed by atoms with van der Waals surface area (Å²) in [5.74, 6) is 0.489. The molecule has 1 N–H and O–H groups in total. The number of hydrogen-bond acceptors (Lipinski definition) is 1. The van der Waals surface area contributed by atoms with E-state index in [9.17, 15) is 5.11 Å². The van der Waals surface area contributed by atoms with Gasteiger partial charge in [0.05, 0.1) is 5.76 Å². The number of rotatable bonds is 4. The first kappa shape index (κ1) is 11.8. The molecule has 0 heterocycles. The minimum Gasteiger partial charge on any atom is -0.513 e. The van der Waals surface area contributed by atoms with E-state index in [1.165, 1.54) is 16.7 Å². The largest absolute Gasteiger partial charge is 0.513 e. The van der Waals surface area contributed by atoms with Gasteiger partial charge in [-0.2, -0.15) is 0 Å². The predicted octanol–water partition coefficient (Wildman–Crippen LogP) is 3.94. The Morgan fingerprint density at radius 1 is 1.27 bits per heavy atom. The van der Waals surface area contributed by atoms with Gasteiger partial charge in [-0.25, -0.2) is 0 Å². The van der Waals surface area contributed by atoms with Crippen LogP contribution in [0.15, 0.2) is 30.5 Å². The lowest BCUT2D eigenvalue weighted by molar-refractivity contribution is 0.325. The van der Waals surface area contributed by atoms with Gasteiger partial charge >= 0.3 is 0 Å². The van der Waals surface area contributed by atoms with Crippen molar-refractivity contribution in [2.75, 3.05) is 0 Å². The molecule has 1 aromatic rings. The smallest absolute Gasteiger partial charge is 0.0885 e. The van der Waals surface area contributed by atoms with Gasteiger partial charge in [0.2, 0.25) is 0 Å². The zero-order valence-electron chi connectivity index (χ0n) is 9.88. The van der Waals surface area contributed by atoms with Gasteiger partial charge in [0.25, 0.3) is 0 Å². The van der Waals surface area contributed by atoms with Gasteiger partial charge in [-0.15, -0.1) is 0 Å². The van der Waals surface area contributed by atoms with Crippen molar-refractivity contribution >= 4 is 0 Å². The van der Waals surface area contributed by atoms with Crippen molar-refractivity contribution in [3.8, 4) is 0 Å².